The maximum absolute atomic E-state index is 12.2. The fourth-order valence-corrected chi connectivity index (χ4v) is 2.64. The lowest BCUT2D eigenvalue weighted by Crippen LogP contribution is -2.25. The number of anilines is 1. The minimum Gasteiger partial charge on any atom is -0.349 e. The molecule has 0 atom stereocenters. The minimum atomic E-state index is -0.0932. The Labute approximate surface area is 141 Å². The lowest BCUT2D eigenvalue weighted by molar-refractivity contribution is -0.115. The second-order valence-electron chi connectivity index (χ2n) is 6.32. The van der Waals surface area contributed by atoms with Crippen molar-refractivity contribution in [2.75, 3.05) is 5.32 Å². The highest BCUT2D eigenvalue weighted by Crippen LogP contribution is 2.20. The molecule has 0 aliphatic heterocycles. The number of carbonyl (C=O) groups is 2. The van der Waals surface area contributed by atoms with Crippen LogP contribution in [0.15, 0.2) is 24.3 Å². The number of aromatic nitrogens is 2. The van der Waals surface area contributed by atoms with E-state index in [0.29, 0.717) is 17.3 Å². The van der Waals surface area contributed by atoms with E-state index in [1.165, 1.54) is 0 Å². The van der Waals surface area contributed by atoms with Gasteiger partial charge in [0.25, 0.3) is 5.91 Å². The van der Waals surface area contributed by atoms with Gasteiger partial charge in [-0.25, -0.2) is 0 Å². The van der Waals surface area contributed by atoms with Gasteiger partial charge in [0.2, 0.25) is 5.91 Å². The molecular formula is C18H22N4O2. The number of nitrogens with one attached hydrogen (secondary N) is 2. The quantitative estimate of drug-likeness (QED) is 0.883. The summed E-state index contributed by atoms with van der Waals surface area (Å²) in [6, 6.07) is 7.30. The molecular weight excluding hydrogens is 304 g/mol. The maximum atomic E-state index is 12.2. The molecule has 2 aromatic rings. The summed E-state index contributed by atoms with van der Waals surface area (Å²) in [6.45, 7) is 3.86. The molecule has 1 heterocycles. The molecule has 1 aromatic carbocycles. The van der Waals surface area contributed by atoms with Crippen LogP contribution in [0.2, 0.25) is 0 Å². The zero-order valence-corrected chi connectivity index (χ0v) is 14.2. The van der Waals surface area contributed by atoms with Crippen LogP contribution in [0, 0.1) is 13.8 Å². The van der Waals surface area contributed by atoms with Gasteiger partial charge in [0.1, 0.15) is 0 Å². The molecule has 1 aliphatic rings. The molecule has 0 unspecified atom stereocenters. The first-order valence-electron chi connectivity index (χ1n) is 8.14. The van der Waals surface area contributed by atoms with Gasteiger partial charge in [-0.05, 0) is 51.0 Å². The molecule has 24 heavy (non-hydrogen) atoms. The molecule has 2 N–H and O–H groups in total. The van der Waals surface area contributed by atoms with Gasteiger partial charge in [0, 0.05) is 35.6 Å². The van der Waals surface area contributed by atoms with E-state index in [1.54, 1.807) is 28.9 Å². The van der Waals surface area contributed by atoms with Crippen molar-refractivity contribution >= 4 is 17.5 Å². The summed E-state index contributed by atoms with van der Waals surface area (Å²) in [5, 5.41) is 10.1. The van der Waals surface area contributed by atoms with Crippen molar-refractivity contribution in [1.82, 2.24) is 15.1 Å². The van der Waals surface area contributed by atoms with Crippen molar-refractivity contribution in [3.8, 4) is 0 Å². The van der Waals surface area contributed by atoms with E-state index < -0.39 is 0 Å². The number of hydrogen-bond donors (Lipinski definition) is 2. The number of amides is 2. The smallest absolute Gasteiger partial charge is 0.251 e. The third-order valence-corrected chi connectivity index (χ3v) is 4.34. The highest BCUT2D eigenvalue weighted by atomic mass is 16.2. The van der Waals surface area contributed by atoms with Crippen molar-refractivity contribution < 1.29 is 9.59 Å². The minimum absolute atomic E-state index is 0.0583. The standard InChI is InChI=1S/C18H22N4O2/c1-11-16(12(2)22(3)21-11)10-17(23)19-14-6-4-13(5-7-14)18(24)20-15-8-9-15/h4-7,15H,8-10H2,1-3H3,(H,19,23)(H,20,24). The Morgan fingerprint density at radius 1 is 1.21 bits per heavy atom. The predicted molar refractivity (Wildman–Crippen MR) is 91.9 cm³/mol. The first-order valence-corrected chi connectivity index (χ1v) is 8.14. The molecule has 1 aromatic heterocycles. The Morgan fingerprint density at radius 3 is 2.42 bits per heavy atom. The van der Waals surface area contributed by atoms with Gasteiger partial charge in [0.05, 0.1) is 12.1 Å². The first kappa shape index (κ1) is 16.2. The molecule has 6 nitrogen and oxygen atoms in total. The Bertz CT molecular complexity index is 773. The van der Waals surface area contributed by atoms with E-state index in [-0.39, 0.29) is 18.2 Å². The lowest BCUT2D eigenvalue weighted by atomic mass is 10.1. The average Bonchev–Trinajstić information content (AvgIpc) is 3.32. The Morgan fingerprint density at radius 2 is 1.88 bits per heavy atom. The number of benzene rings is 1. The summed E-state index contributed by atoms with van der Waals surface area (Å²) in [5.41, 5.74) is 4.11. The summed E-state index contributed by atoms with van der Waals surface area (Å²) in [7, 11) is 1.87. The fourth-order valence-electron chi connectivity index (χ4n) is 2.64. The Kier molecular flexibility index (Phi) is 4.38. The van der Waals surface area contributed by atoms with E-state index >= 15 is 0 Å². The van der Waals surface area contributed by atoms with Crippen molar-refractivity contribution in [2.45, 2.75) is 39.2 Å². The number of hydrogen-bond acceptors (Lipinski definition) is 3. The van der Waals surface area contributed by atoms with Crippen LogP contribution in [-0.4, -0.2) is 27.6 Å². The summed E-state index contributed by atoms with van der Waals surface area (Å²) in [5.74, 6) is -0.152. The van der Waals surface area contributed by atoms with Gasteiger partial charge in [-0.3, -0.25) is 14.3 Å². The van der Waals surface area contributed by atoms with Crippen LogP contribution in [0.5, 0.6) is 0 Å². The van der Waals surface area contributed by atoms with Crippen LogP contribution in [0.1, 0.15) is 40.2 Å². The molecule has 0 bridgehead atoms. The van der Waals surface area contributed by atoms with Gasteiger partial charge < -0.3 is 10.6 Å². The van der Waals surface area contributed by atoms with Crippen LogP contribution in [0.3, 0.4) is 0 Å². The van der Waals surface area contributed by atoms with Crippen LogP contribution in [-0.2, 0) is 18.3 Å². The number of carbonyl (C=O) groups excluding carboxylic acids is 2. The van der Waals surface area contributed by atoms with Crippen molar-refractivity contribution in [3.05, 3.63) is 46.8 Å². The van der Waals surface area contributed by atoms with Gasteiger partial charge in [0.15, 0.2) is 0 Å². The molecule has 1 fully saturated rings. The number of nitrogens with zero attached hydrogens (tertiary/aromatic N) is 2. The lowest BCUT2D eigenvalue weighted by Gasteiger charge is -2.07. The molecule has 1 saturated carbocycles. The maximum Gasteiger partial charge on any atom is 0.251 e. The van der Waals surface area contributed by atoms with Gasteiger partial charge in [-0.1, -0.05) is 0 Å². The van der Waals surface area contributed by atoms with E-state index in [2.05, 4.69) is 15.7 Å². The molecule has 1 aliphatic carbocycles. The number of rotatable bonds is 5. The number of aryl methyl sites for hydroxylation is 2. The molecule has 126 valence electrons. The molecule has 0 saturated heterocycles. The van der Waals surface area contributed by atoms with Crippen molar-refractivity contribution in [2.24, 2.45) is 7.05 Å². The van der Waals surface area contributed by atoms with Crippen molar-refractivity contribution in [1.29, 1.82) is 0 Å². The second-order valence-corrected chi connectivity index (χ2v) is 6.32. The van der Waals surface area contributed by atoms with E-state index in [9.17, 15) is 9.59 Å². The molecule has 6 heteroatoms. The summed E-state index contributed by atoms with van der Waals surface area (Å²) in [6.07, 6.45) is 2.41. The van der Waals surface area contributed by atoms with Crippen LogP contribution in [0.25, 0.3) is 0 Å². The Hall–Kier alpha value is -2.63. The third-order valence-electron chi connectivity index (χ3n) is 4.34. The van der Waals surface area contributed by atoms with Gasteiger partial charge >= 0.3 is 0 Å². The van der Waals surface area contributed by atoms with Crippen LogP contribution < -0.4 is 10.6 Å². The van der Waals surface area contributed by atoms with Gasteiger partial charge in [-0.15, -0.1) is 0 Å². The molecule has 0 spiro atoms. The van der Waals surface area contributed by atoms with E-state index in [4.69, 9.17) is 0 Å². The highest BCUT2D eigenvalue weighted by Gasteiger charge is 2.23. The fraction of sp³-hybridized carbons (Fsp3) is 0.389. The molecule has 2 amide bonds. The zero-order chi connectivity index (χ0) is 17.3. The first-order chi connectivity index (χ1) is 11.4. The highest BCUT2D eigenvalue weighted by molar-refractivity contribution is 5.96. The average molecular weight is 326 g/mol. The predicted octanol–water partition coefficient (Wildman–Crippen LogP) is 2.11. The zero-order valence-electron chi connectivity index (χ0n) is 14.2. The monoisotopic (exact) mass is 326 g/mol. The SMILES string of the molecule is Cc1nn(C)c(C)c1CC(=O)Nc1ccc(C(=O)NC2CC2)cc1. The van der Waals surface area contributed by atoms with Crippen LogP contribution >= 0.6 is 0 Å². The topological polar surface area (TPSA) is 76.0 Å². The second kappa shape index (κ2) is 6.47. The molecule has 0 radical (unpaired) electrons. The Balaban J connectivity index is 1.60. The van der Waals surface area contributed by atoms with Crippen molar-refractivity contribution in [3.63, 3.8) is 0 Å². The third kappa shape index (κ3) is 3.64. The van der Waals surface area contributed by atoms with Crippen LogP contribution in [0.4, 0.5) is 5.69 Å². The summed E-state index contributed by atoms with van der Waals surface area (Å²) < 4.78 is 1.78. The largest absolute Gasteiger partial charge is 0.349 e. The molecule has 3 rings (SSSR count). The summed E-state index contributed by atoms with van der Waals surface area (Å²) >= 11 is 0. The normalized spacial score (nSPS) is 13.6. The van der Waals surface area contributed by atoms with E-state index in [0.717, 1.165) is 29.8 Å². The van der Waals surface area contributed by atoms with E-state index in [1.807, 2.05) is 20.9 Å². The van der Waals surface area contributed by atoms with Gasteiger partial charge in [-0.2, -0.15) is 5.10 Å². The summed E-state index contributed by atoms with van der Waals surface area (Å²) in [4.78, 5) is 24.2.